The summed E-state index contributed by atoms with van der Waals surface area (Å²) in [6.07, 6.45) is -0.0259. The first-order valence-electron chi connectivity index (χ1n) is 13.2. The Morgan fingerprint density at radius 3 is 2.50 bits per heavy atom. The fourth-order valence-corrected chi connectivity index (χ4v) is 7.62. The molecule has 0 amide bonds. The standard InChI is InChI=1S/C33H32O5S2/c1-4-5-25(16-32(34)35)24-7-9-26(10-8-24)37-17-23-6-13-31-29(15-23)30(18-39-31)28-12-11-27(14-22(28)2)38-19-33(3)20-40(36)21-33/h6-15,18,25H,16-17,19-21H2,1-3H3,(H,34,35). The van der Waals surface area contributed by atoms with Crippen LogP contribution in [0.2, 0.25) is 0 Å². The molecule has 2 heterocycles. The predicted molar refractivity (Wildman–Crippen MR) is 163 cm³/mol. The minimum absolute atomic E-state index is 0.00796. The Bertz CT molecular complexity index is 1570. The highest BCUT2D eigenvalue weighted by atomic mass is 32.2. The van der Waals surface area contributed by atoms with Gasteiger partial charge in [0, 0.05) is 15.6 Å². The first-order valence-corrected chi connectivity index (χ1v) is 15.6. The van der Waals surface area contributed by atoms with Crippen molar-refractivity contribution in [1.82, 2.24) is 0 Å². The molecule has 7 heteroatoms. The van der Waals surface area contributed by atoms with Gasteiger partial charge in [-0.15, -0.1) is 17.3 Å². The van der Waals surface area contributed by atoms with Crippen LogP contribution in [-0.4, -0.2) is 33.7 Å². The van der Waals surface area contributed by atoms with Gasteiger partial charge in [0.15, 0.2) is 0 Å². The van der Waals surface area contributed by atoms with Crippen LogP contribution < -0.4 is 9.47 Å². The quantitative estimate of drug-likeness (QED) is 0.161. The van der Waals surface area contributed by atoms with Crippen LogP contribution in [0.15, 0.2) is 66.0 Å². The molecule has 0 saturated carbocycles. The van der Waals surface area contributed by atoms with Gasteiger partial charge in [0.05, 0.1) is 17.8 Å². The molecule has 1 N–H and O–H groups in total. The lowest BCUT2D eigenvalue weighted by Gasteiger charge is -2.38. The van der Waals surface area contributed by atoms with Gasteiger partial charge in [-0.25, -0.2) is 0 Å². The number of ether oxygens (including phenoxy) is 2. The summed E-state index contributed by atoms with van der Waals surface area (Å²) in [6.45, 7) is 6.96. The number of thiophene rings is 1. The molecule has 0 aliphatic carbocycles. The molecule has 0 bridgehead atoms. The highest BCUT2D eigenvalue weighted by Crippen LogP contribution is 2.38. The second-order valence-corrected chi connectivity index (χ2v) is 13.1. The molecule has 1 fully saturated rings. The van der Waals surface area contributed by atoms with Crippen molar-refractivity contribution in [3.05, 3.63) is 82.7 Å². The first kappa shape index (κ1) is 28.1. The Morgan fingerprint density at radius 1 is 1.07 bits per heavy atom. The summed E-state index contributed by atoms with van der Waals surface area (Å²) < 4.78 is 24.9. The fraction of sp³-hybridized carbons (Fsp3) is 0.303. The number of rotatable bonds is 10. The van der Waals surface area contributed by atoms with E-state index in [1.54, 1.807) is 18.3 Å². The van der Waals surface area contributed by atoms with Crippen LogP contribution >= 0.6 is 11.3 Å². The zero-order valence-corrected chi connectivity index (χ0v) is 24.5. The number of aliphatic carboxylic acids is 1. The third-order valence-electron chi connectivity index (χ3n) is 7.12. The van der Waals surface area contributed by atoms with Crippen LogP contribution in [0.1, 0.15) is 42.9 Å². The largest absolute Gasteiger partial charge is 0.616 e. The number of hydrogen-bond acceptors (Lipinski definition) is 5. The van der Waals surface area contributed by atoms with Crippen molar-refractivity contribution in [2.75, 3.05) is 18.1 Å². The van der Waals surface area contributed by atoms with E-state index in [0.717, 1.165) is 28.2 Å². The van der Waals surface area contributed by atoms with Gasteiger partial charge in [-0.05, 0) is 84.8 Å². The average molecular weight is 573 g/mol. The van der Waals surface area contributed by atoms with Gasteiger partial charge in [-0.3, -0.25) is 4.79 Å². The van der Waals surface area contributed by atoms with Gasteiger partial charge in [0.25, 0.3) is 0 Å². The van der Waals surface area contributed by atoms with Gasteiger partial charge in [-0.2, -0.15) is 0 Å². The maximum atomic E-state index is 11.5. The number of fused-ring (bicyclic) bond motifs is 1. The van der Waals surface area contributed by atoms with Crippen molar-refractivity contribution in [2.45, 2.75) is 39.7 Å². The number of benzene rings is 3. The number of carboxylic acids is 1. The Kier molecular flexibility index (Phi) is 8.41. The van der Waals surface area contributed by atoms with Crippen LogP contribution in [0.3, 0.4) is 0 Å². The van der Waals surface area contributed by atoms with E-state index in [1.807, 2.05) is 30.3 Å². The van der Waals surface area contributed by atoms with Crippen LogP contribution in [-0.2, 0) is 22.6 Å². The Hall–Kier alpha value is -3.44. The third kappa shape index (κ3) is 6.47. The van der Waals surface area contributed by atoms with Crippen molar-refractivity contribution in [3.8, 4) is 34.5 Å². The molecule has 0 radical (unpaired) electrons. The molecule has 1 aliphatic rings. The molecule has 5 nitrogen and oxygen atoms in total. The van der Waals surface area contributed by atoms with Crippen molar-refractivity contribution < 1.29 is 23.9 Å². The van der Waals surface area contributed by atoms with E-state index in [-0.39, 0.29) is 17.8 Å². The van der Waals surface area contributed by atoms with E-state index in [0.29, 0.717) is 24.7 Å². The molecule has 5 rings (SSSR count). The number of hydrogen-bond donors (Lipinski definition) is 1. The fourth-order valence-electron chi connectivity index (χ4n) is 5.04. The second kappa shape index (κ2) is 12.0. The van der Waals surface area contributed by atoms with Crippen molar-refractivity contribution in [2.24, 2.45) is 5.41 Å². The molecule has 1 aliphatic heterocycles. The molecule has 1 aromatic heterocycles. The zero-order valence-electron chi connectivity index (χ0n) is 22.9. The maximum Gasteiger partial charge on any atom is 0.304 e. The van der Waals surface area contributed by atoms with E-state index in [4.69, 9.17) is 9.47 Å². The van der Waals surface area contributed by atoms with Crippen LogP contribution in [0, 0.1) is 24.2 Å². The predicted octanol–water partition coefficient (Wildman–Crippen LogP) is 7.18. The molecule has 1 unspecified atom stereocenters. The van der Waals surface area contributed by atoms with Crippen LogP contribution in [0.4, 0.5) is 0 Å². The summed E-state index contributed by atoms with van der Waals surface area (Å²) in [5.41, 5.74) is 5.46. The van der Waals surface area contributed by atoms with Crippen molar-refractivity contribution >= 4 is 38.6 Å². The SMILES string of the molecule is CC#CC(CC(=O)O)c1ccc(OCc2ccc3scc(-c4ccc(OCC5(C)C[S+]([O-])C5)cc4C)c3c2)cc1. The zero-order chi connectivity index (χ0) is 28.3. The lowest BCUT2D eigenvalue weighted by Crippen LogP contribution is -2.50. The topological polar surface area (TPSA) is 78.8 Å². The minimum Gasteiger partial charge on any atom is -0.616 e. The average Bonchev–Trinajstić information content (AvgIpc) is 3.33. The lowest BCUT2D eigenvalue weighted by atomic mass is 9.96. The van der Waals surface area contributed by atoms with Gasteiger partial charge in [-0.1, -0.05) is 41.4 Å². The second-order valence-electron chi connectivity index (χ2n) is 10.7. The van der Waals surface area contributed by atoms with Gasteiger partial charge in [0.1, 0.15) is 36.2 Å². The highest BCUT2D eigenvalue weighted by Gasteiger charge is 2.45. The summed E-state index contributed by atoms with van der Waals surface area (Å²) in [4.78, 5) is 11.2. The molecular weight excluding hydrogens is 540 g/mol. The molecule has 3 aromatic carbocycles. The van der Waals surface area contributed by atoms with E-state index >= 15 is 0 Å². The molecule has 40 heavy (non-hydrogen) atoms. The highest BCUT2D eigenvalue weighted by molar-refractivity contribution is 7.92. The monoisotopic (exact) mass is 572 g/mol. The third-order valence-corrected chi connectivity index (χ3v) is 10.1. The van der Waals surface area contributed by atoms with Gasteiger partial charge in [0.2, 0.25) is 0 Å². The van der Waals surface area contributed by atoms with Crippen LogP contribution in [0.25, 0.3) is 21.2 Å². The van der Waals surface area contributed by atoms with E-state index in [2.05, 4.69) is 61.4 Å². The lowest BCUT2D eigenvalue weighted by molar-refractivity contribution is -0.137. The molecule has 1 saturated heterocycles. The van der Waals surface area contributed by atoms with Crippen molar-refractivity contribution in [1.29, 1.82) is 0 Å². The molecule has 4 aromatic rings. The minimum atomic E-state index is -0.867. The summed E-state index contributed by atoms with van der Waals surface area (Å²) >= 11 is 1.04. The van der Waals surface area contributed by atoms with Gasteiger partial charge < -0.3 is 19.1 Å². The summed E-state index contributed by atoms with van der Waals surface area (Å²) in [5.74, 6) is 7.59. The molecule has 0 spiro atoms. The Morgan fingerprint density at radius 2 is 1.82 bits per heavy atom. The van der Waals surface area contributed by atoms with E-state index in [9.17, 15) is 14.5 Å². The Balaban J connectivity index is 1.27. The molecular formula is C33H32O5S2. The van der Waals surface area contributed by atoms with E-state index in [1.165, 1.54) is 21.2 Å². The molecule has 206 valence electrons. The number of carbonyl (C=O) groups is 1. The summed E-state index contributed by atoms with van der Waals surface area (Å²) in [7, 11) is 0. The summed E-state index contributed by atoms with van der Waals surface area (Å²) in [6, 6.07) is 20.2. The number of carboxylic acid groups (broad SMARTS) is 1. The van der Waals surface area contributed by atoms with Gasteiger partial charge >= 0.3 is 5.97 Å². The Labute approximate surface area is 242 Å². The van der Waals surface area contributed by atoms with E-state index < -0.39 is 17.1 Å². The van der Waals surface area contributed by atoms with Crippen molar-refractivity contribution in [3.63, 3.8) is 0 Å². The maximum absolute atomic E-state index is 11.5. The first-order chi connectivity index (χ1) is 19.2. The molecule has 1 atom stereocenters. The normalized spacial score (nSPS) is 18.9. The van der Waals surface area contributed by atoms with Crippen LogP contribution in [0.5, 0.6) is 11.5 Å². The smallest absolute Gasteiger partial charge is 0.304 e. The number of aryl methyl sites for hydroxylation is 1. The summed E-state index contributed by atoms with van der Waals surface area (Å²) in [5, 5.41) is 12.6.